The van der Waals surface area contributed by atoms with Crippen molar-refractivity contribution in [3.05, 3.63) is 70.7 Å². The van der Waals surface area contributed by atoms with E-state index in [1.807, 2.05) is 30.3 Å². The molecule has 0 unspecified atom stereocenters. The van der Waals surface area contributed by atoms with Crippen LogP contribution in [-0.2, 0) is 6.61 Å². The van der Waals surface area contributed by atoms with Crippen molar-refractivity contribution in [3.8, 4) is 5.88 Å². The van der Waals surface area contributed by atoms with Gasteiger partial charge < -0.3 is 20.1 Å². The fraction of sp³-hybridized carbons (Fsp3) is 0.222. The van der Waals surface area contributed by atoms with Crippen LogP contribution in [0.1, 0.15) is 34.1 Å². The van der Waals surface area contributed by atoms with Crippen molar-refractivity contribution in [1.29, 1.82) is 0 Å². The summed E-state index contributed by atoms with van der Waals surface area (Å²) in [5.74, 6) is -0.247. The minimum absolute atomic E-state index is 0.0486. The van der Waals surface area contributed by atoms with Gasteiger partial charge in [0.25, 0.3) is 5.88 Å². The molecule has 0 spiro atoms. The van der Waals surface area contributed by atoms with Gasteiger partial charge in [0.1, 0.15) is 17.9 Å². The maximum Gasteiger partial charge on any atom is 0.266 e. The van der Waals surface area contributed by atoms with E-state index in [1.54, 1.807) is 6.08 Å². The first-order valence-electron chi connectivity index (χ1n) is 7.73. The number of nitrogens with two attached hydrogens (primary N) is 1. The van der Waals surface area contributed by atoms with Gasteiger partial charge in [0.15, 0.2) is 5.76 Å². The molecule has 2 aliphatic rings. The van der Waals surface area contributed by atoms with Gasteiger partial charge in [-0.2, -0.15) is 0 Å². The second-order valence-corrected chi connectivity index (χ2v) is 5.90. The monoisotopic (exact) mass is 324 g/mol. The van der Waals surface area contributed by atoms with Crippen LogP contribution in [-0.4, -0.2) is 16.0 Å². The Kier molecular flexibility index (Phi) is 3.46. The Hall–Kier alpha value is -2.86. The summed E-state index contributed by atoms with van der Waals surface area (Å²) in [6.45, 7) is 0.261. The lowest BCUT2D eigenvalue weighted by Gasteiger charge is -2.30. The van der Waals surface area contributed by atoms with Gasteiger partial charge in [0, 0.05) is 11.5 Å². The number of allylic oxidation sites excluding steroid dienone is 2. The van der Waals surface area contributed by atoms with Gasteiger partial charge in [-0.05, 0) is 23.2 Å². The standard InChI is InChI=1S/C18H16N2O4/c19-15-11-7-4-8-12(21)13(11)16(22)14-17(15)24-20-18(14)23-9-10-5-2-1-3-6-10/h1-6,8,11,15,21H,7,9,19H2/t11-,15-/m1/s1. The van der Waals surface area contributed by atoms with Crippen molar-refractivity contribution in [2.24, 2.45) is 11.7 Å². The Morgan fingerprint density at radius 1 is 1.33 bits per heavy atom. The maximum absolute atomic E-state index is 12.8. The number of ketones is 1. The zero-order chi connectivity index (χ0) is 16.7. The summed E-state index contributed by atoms with van der Waals surface area (Å²) < 4.78 is 11.0. The highest BCUT2D eigenvalue weighted by Crippen LogP contribution is 2.44. The molecule has 3 N–H and O–H groups in total. The number of nitrogens with zero attached hydrogens (tertiary/aromatic N) is 1. The SMILES string of the molecule is N[C@H]1c2onc(OCc3ccccc3)c2C(=O)C2=C(O)C=CC[C@H]21. The summed E-state index contributed by atoms with van der Waals surface area (Å²) >= 11 is 0. The number of fused-ring (bicyclic) bond motifs is 2. The fourth-order valence-electron chi connectivity index (χ4n) is 3.20. The normalized spacial score (nSPS) is 22.3. The number of hydrogen-bond acceptors (Lipinski definition) is 6. The van der Waals surface area contributed by atoms with Gasteiger partial charge in [-0.25, -0.2) is 0 Å². The molecular formula is C18H16N2O4. The smallest absolute Gasteiger partial charge is 0.266 e. The van der Waals surface area contributed by atoms with Crippen LogP contribution in [0.25, 0.3) is 0 Å². The van der Waals surface area contributed by atoms with Crippen LogP contribution >= 0.6 is 0 Å². The van der Waals surface area contributed by atoms with Crippen molar-refractivity contribution in [2.75, 3.05) is 0 Å². The molecule has 24 heavy (non-hydrogen) atoms. The third kappa shape index (κ3) is 2.23. The van der Waals surface area contributed by atoms with E-state index in [0.717, 1.165) is 5.56 Å². The average molecular weight is 324 g/mol. The molecule has 1 heterocycles. The Morgan fingerprint density at radius 2 is 2.12 bits per heavy atom. The lowest BCUT2D eigenvalue weighted by Crippen LogP contribution is -2.34. The highest BCUT2D eigenvalue weighted by atomic mass is 16.5. The Morgan fingerprint density at radius 3 is 2.92 bits per heavy atom. The Balaban J connectivity index is 1.69. The Labute approximate surface area is 138 Å². The van der Waals surface area contributed by atoms with Crippen LogP contribution in [0.5, 0.6) is 5.88 Å². The molecule has 0 fully saturated rings. The Bertz CT molecular complexity index is 851. The molecule has 1 aromatic heterocycles. The number of carbonyl (C=O) groups excluding carboxylic acids is 1. The third-order valence-corrected chi connectivity index (χ3v) is 4.43. The number of carbonyl (C=O) groups is 1. The first kappa shape index (κ1) is 14.7. The molecule has 0 saturated carbocycles. The molecule has 0 bridgehead atoms. The van der Waals surface area contributed by atoms with E-state index < -0.39 is 6.04 Å². The van der Waals surface area contributed by atoms with Crippen LogP contribution in [0.3, 0.4) is 0 Å². The molecular weight excluding hydrogens is 308 g/mol. The topological polar surface area (TPSA) is 98.6 Å². The first-order valence-corrected chi connectivity index (χ1v) is 7.73. The molecule has 0 aliphatic heterocycles. The van der Waals surface area contributed by atoms with Gasteiger partial charge in [-0.15, -0.1) is 0 Å². The molecule has 6 nitrogen and oxygen atoms in total. The molecule has 0 amide bonds. The number of hydrogen-bond donors (Lipinski definition) is 2. The molecule has 2 atom stereocenters. The van der Waals surface area contributed by atoms with Crippen molar-refractivity contribution in [3.63, 3.8) is 0 Å². The predicted molar refractivity (Wildman–Crippen MR) is 85.4 cm³/mol. The third-order valence-electron chi connectivity index (χ3n) is 4.43. The molecule has 0 saturated heterocycles. The lowest BCUT2D eigenvalue weighted by molar-refractivity contribution is 0.0988. The van der Waals surface area contributed by atoms with Crippen LogP contribution in [0.4, 0.5) is 0 Å². The van der Waals surface area contributed by atoms with E-state index in [1.165, 1.54) is 6.08 Å². The predicted octanol–water partition coefficient (Wildman–Crippen LogP) is 2.84. The molecule has 4 rings (SSSR count). The summed E-state index contributed by atoms with van der Waals surface area (Å²) in [6.07, 6.45) is 3.90. The fourth-order valence-corrected chi connectivity index (χ4v) is 3.20. The van der Waals surface area contributed by atoms with E-state index in [4.69, 9.17) is 15.0 Å². The largest absolute Gasteiger partial charge is 0.508 e. The molecule has 1 aromatic carbocycles. The van der Waals surface area contributed by atoms with Gasteiger partial charge in [-0.3, -0.25) is 4.79 Å². The number of aliphatic hydroxyl groups is 1. The van der Waals surface area contributed by atoms with Crippen LogP contribution in [0.15, 0.2) is 58.3 Å². The van der Waals surface area contributed by atoms with Crippen molar-refractivity contribution < 1.29 is 19.2 Å². The maximum atomic E-state index is 12.8. The van der Waals surface area contributed by atoms with E-state index in [0.29, 0.717) is 17.8 Å². The molecule has 2 aromatic rings. The van der Waals surface area contributed by atoms with Gasteiger partial charge in [0.2, 0.25) is 5.78 Å². The molecule has 122 valence electrons. The lowest BCUT2D eigenvalue weighted by atomic mass is 9.75. The average Bonchev–Trinajstić information content (AvgIpc) is 3.03. The summed E-state index contributed by atoms with van der Waals surface area (Å²) in [7, 11) is 0. The minimum atomic E-state index is -0.540. The molecule has 2 aliphatic carbocycles. The number of rotatable bonds is 3. The van der Waals surface area contributed by atoms with Gasteiger partial charge in [0.05, 0.1) is 6.04 Å². The molecule has 6 heteroatoms. The van der Waals surface area contributed by atoms with E-state index >= 15 is 0 Å². The summed E-state index contributed by atoms with van der Waals surface area (Å²) in [5.41, 5.74) is 7.70. The minimum Gasteiger partial charge on any atom is -0.508 e. The van der Waals surface area contributed by atoms with Crippen LogP contribution in [0, 0.1) is 5.92 Å². The van der Waals surface area contributed by atoms with Crippen LogP contribution in [0.2, 0.25) is 0 Å². The summed E-state index contributed by atoms with van der Waals surface area (Å²) in [4.78, 5) is 12.8. The zero-order valence-corrected chi connectivity index (χ0v) is 12.8. The zero-order valence-electron chi connectivity index (χ0n) is 12.8. The van der Waals surface area contributed by atoms with E-state index in [-0.39, 0.29) is 35.5 Å². The number of Topliss-reactive ketones (excluding diaryl/α,β-unsaturated/α-hetero) is 1. The number of benzene rings is 1. The number of aromatic nitrogens is 1. The first-order chi connectivity index (χ1) is 11.7. The highest BCUT2D eigenvalue weighted by Gasteiger charge is 2.44. The van der Waals surface area contributed by atoms with Gasteiger partial charge >= 0.3 is 0 Å². The van der Waals surface area contributed by atoms with E-state index in [9.17, 15) is 9.90 Å². The molecule has 0 radical (unpaired) electrons. The van der Waals surface area contributed by atoms with Crippen molar-refractivity contribution in [2.45, 2.75) is 19.1 Å². The van der Waals surface area contributed by atoms with Crippen molar-refractivity contribution >= 4 is 5.78 Å². The summed E-state index contributed by atoms with van der Waals surface area (Å²) in [5, 5.41) is 14.0. The highest BCUT2D eigenvalue weighted by molar-refractivity contribution is 6.13. The quantitative estimate of drug-likeness (QED) is 0.901. The van der Waals surface area contributed by atoms with Gasteiger partial charge in [-0.1, -0.05) is 36.4 Å². The number of ether oxygens (including phenoxy) is 1. The van der Waals surface area contributed by atoms with Crippen LogP contribution < -0.4 is 10.5 Å². The van der Waals surface area contributed by atoms with E-state index in [2.05, 4.69) is 5.16 Å². The second-order valence-electron chi connectivity index (χ2n) is 5.90. The summed E-state index contributed by atoms with van der Waals surface area (Å²) in [6, 6.07) is 9.00. The van der Waals surface area contributed by atoms with Crippen molar-refractivity contribution in [1.82, 2.24) is 5.16 Å². The second kappa shape index (κ2) is 5.65. The number of aliphatic hydroxyl groups excluding tert-OH is 1.